The Labute approximate surface area is 104 Å². The number of hydrogen-bond donors (Lipinski definition) is 1. The Morgan fingerprint density at radius 2 is 1.88 bits per heavy atom. The van der Waals surface area contributed by atoms with E-state index in [2.05, 4.69) is 25.8 Å². The molecular weight excluding hydrogens is 215 g/mol. The van der Waals surface area contributed by atoms with Gasteiger partial charge in [-0.25, -0.2) is 4.39 Å². The zero-order valence-corrected chi connectivity index (χ0v) is 11.0. The molecule has 0 heterocycles. The lowest BCUT2D eigenvalue weighted by Crippen LogP contribution is -2.30. The summed E-state index contributed by atoms with van der Waals surface area (Å²) >= 11 is 0. The maximum atomic E-state index is 13.1. The Hall–Kier alpha value is -0.930. The molecular formula is C14H23FN2. The quantitative estimate of drug-likeness (QED) is 0.825. The van der Waals surface area contributed by atoms with Crippen LogP contribution in [0.2, 0.25) is 0 Å². The number of halogens is 1. The molecule has 3 heteroatoms. The van der Waals surface area contributed by atoms with E-state index in [1.807, 2.05) is 6.07 Å². The first kappa shape index (κ1) is 14.1. The summed E-state index contributed by atoms with van der Waals surface area (Å²) in [5.74, 6) is -0.209. The highest BCUT2D eigenvalue weighted by Crippen LogP contribution is 2.16. The van der Waals surface area contributed by atoms with Crippen molar-refractivity contribution >= 4 is 0 Å². The van der Waals surface area contributed by atoms with E-state index in [1.54, 1.807) is 0 Å². The molecule has 0 bridgehead atoms. The van der Waals surface area contributed by atoms with Gasteiger partial charge in [0.05, 0.1) is 0 Å². The van der Waals surface area contributed by atoms with Crippen molar-refractivity contribution in [3.8, 4) is 0 Å². The second-order valence-corrected chi connectivity index (χ2v) is 4.50. The van der Waals surface area contributed by atoms with Gasteiger partial charge in [0, 0.05) is 19.1 Å². The number of rotatable bonds is 6. The van der Waals surface area contributed by atoms with Gasteiger partial charge >= 0.3 is 0 Å². The Bertz CT molecular complexity index is 348. The van der Waals surface area contributed by atoms with E-state index < -0.39 is 0 Å². The van der Waals surface area contributed by atoms with Crippen molar-refractivity contribution in [2.75, 3.05) is 7.05 Å². The number of nitrogens with zero attached hydrogens (tertiary/aromatic N) is 1. The van der Waals surface area contributed by atoms with Crippen LogP contribution in [0.4, 0.5) is 4.39 Å². The number of hydrogen-bond acceptors (Lipinski definition) is 2. The molecule has 0 radical (unpaired) electrons. The van der Waals surface area contributed by atoms with E-state index in [-0.39, 0.29) is 5.82 Å². The lowest BCUT2D eigenvalue weighted by molar-refractivity contribution is 0.221. The van der Waals surface area contributed by atoms with Crippen molar-refractivity contribution in [3.63, 3.8) is 0 Å². The maximum absolute atomic E-state index is 13.1. The average molecular weight is 238 g/mol. The minimum absolute atomic E-state index is 0.209. The lowest BCUT2D eigenvalue weighted by Gasteiger charge is -2.26. The van der Waals surface area contributed by atoms with Crippen LogP contribution in [0.5, 0.6) is 0 Å². The molecule has 1 aromatic carbocycles. The molecule has 0 unspecified atom stereocenters. The monoisotopic (exact) mass is 238 g/mol. The first-order chi connectivity index (χ1) is 8.12. The van der Waals surface area contributed by atoms with Gasteiger partial charge in [0.25, 0.3) is 0 Å². The van der Waals surface area contributed by atoms with Crippen molar-refractivity contribution in [1.29, 1.82) is 0 Å². The van der Waals surface area contributed by atoms with Gasteiger partial charge in [-0.3, -0.25) is 4.90 Å². The van der Waals surface area contributed by atoms with Crippen molar-refractivity contribution in [2.45, 2.75) is 45.8 Å². The van der Waals surface area contributed by atoms with Gasteiger partial charge in [0.15, 0.2) is 0 Å². The van der Waals surface area contributed by atoms with Crippen molar-refractivity contribution in [3.05, 3.63) is 35.1 Å². The number of benzene rings is 1. The molecule has 17 heavy (non-hydrogen) atoms. The SMILES string of the molecule is CCC(CC)N(C)Cc1ccc(F)cc1CN. The van der Waals surface area contributed by atoms with Gasteiger partial charge in [-0.05, 0) is 43.1 Å². The van der Waals surface area contributed by atoms with E-state index in [1.165, 1.54) is 12.1 Å². The Kier molecular flexibility index (Phi) is 5.59. The third kappa shape index (κ3) is 3.79. The Morgan fingerprint density at radius 1 is 1.24 bits per heavy atom. The molecule has 0 atom stereocenters. The van der Waals surface area contributed by atoms with Crippen LogP contribution in [0.25, 0.3) is 0 Å². The smallest absolute Gasteiger partial charge is 0.123 e. The Balaban J connectivity index is 2.80. The predicted octanol–water partition coefficient (Wildman–Crippen LogP) is 2.90. The fourth-order valence-electron chi connectivity index (χ4n) is 2.25. The van der Waals surface area contributed by atoms with Crippen LogP contribution >= 0.6 is 0 Å². The fourth-order valence-corrected chi connectivity index (χ4v) is 2.25. The van der Waals surface area contributed by atoms with Gasteiger partial charge in [-0.1, -0.05) is 19.9 Å². The molecule has 0 aliphatic rings. The van der Waals surface area contributed by atoms with Crippen molar-refractivity contribution < 1.29 is 4.39 Å². The summed E-state index contributed by atoms with van der Waals surface area (Å²) in [6.07, 6.45) is 2.26. The van der Waals surface area contributed by atoms with Crippen molar-refractivity contribution in [1.82, 2.24) is 4.90 Å². The molecule has 0 fully saturated rings. The van der Waals surface area contributed by atoms with Gasteiger partial charge in [-0.2, -0.15) is 0 Å². The first-order valence-corrected chi connectivity index (χ1v) is 6.29. The normalized spacial score (nSPS) is 11.5. The highest BCUT2D eigenvalue weighted by Gasteiger charge is 2.12. The topological polar surface area (TPSA) is 29.3 Å². The molecule has 0 aliphatic carbocycles. The second-order valence-electron chi connectivity index (χ2n) is 4.50. The third-order valence-electron chi connectivity index (χ3n) is 3.37. The summed E-state index contributed by atoms with van der Waals surface area (Å²) in [6.45, 7) is 5.61. The minimum Gasteiger partial charge on any atom is -0.326 e. The lowest BCUT2D eigenvalue weighted by atomic mass is 10.0. The Morgan fingerprint density at radius 3 is 2.41 bits per heavy atom. The minimum atomic E-state index is -0.209. The summed E-state index contributed by atoms with van der Waals surface area (Å²) < 4.78 is 13.1. The second kappa shape index (κ2) is 6.72. The molecule has 0 saturated carbocycles. The average Bonchev–Trinajstić information content (AvgIpc) is 2.33. The summed E-state index contributed by atoms with van der Waals surface area (Å²) in [6, 6.07) is 5.47. The molecule has 0 saturated heterocycles. The standard InChI is InChI=1S/C14H23FN2/c1-4-14(5-2)17(3)10-11-6-7-13(15)8-12(11)9-16/h6-8,14H,4-5,9-10,16H2,1-3H3. The highest BCUT2D eigenvalue weighted by molar-refractivity contribution is 5.27. The van der Waals surface area contributed by atoms with E-state index >= 15 is 0 Å². The van der Waals surface area contributed by atoms with E-state index in [0.29, 0.717) is 12.6 Å². The molecule has 0 aromatic heterocycles. The van der Waals surface area contributed by atoms with E-state index in [4.69, 9.17) is 5.73 Å². The van der Waals surface area contributed by atoms with Crippen LogP contribution in [0.15, 0.2) is 18.2 Å². The predicted molar refractivity (Wildman–Crippen MR) is 70.1 cm³/mol. The summed E-state index contributed by atoms with van der Waals surface area (Å²) in [7, 11) is 2.11. The summed E-state index contributed by atoms with van der Waals surface area (Å²) in [5.41, 5.74) is 7.68. The zero-order valence-electron chi connectivity index (χ0n) is 11.0. The van der Waals surface area contributed by atoms with Crippen LogP contribution in [0, 0.1) is 5.82 Å². The molecule has 96 valence electrons. The first-order valence-electron chi connectivity index (χ1n) is 6.29. The van der Waals surface area contributed by atoms with Crippen LogP contribution < -0.4 is 5.73 Å². The molecule has 2 N–H and O–H groups in total. The van der Waals surface area contributed by atoms with Gasteiger partial charge < -0.3 is 5.73 Å². The van der Waals surface area contributed by atoms with Crippen molar-refractivity contribution in [2.24, 2.45) is 5.73 Å². The summed E-state index contributed by atoms with van der Waals surface area (Å²) in [4.78, 5) is 2.31. The van der Waals surface area contributed by atoms with Crippen LogP contribution in [0.3, 0.4) is 0 Å². The molecule has 2 nitrogen and oxygen atoms in total. The molecule has 0 spiro atoms. The molecule has 1 rings (SSSR count). The third-order valence-corrected chi connectivity index (χ3v) is 3.37. The fraction of sp³-hybridized carbons (Fsp3) is 0.571. The molecule has 1 aromatic rings. The number of nitrogens with two attached hydrogens (primary N) is 1. The maximum Gasteiger partial charge on any atom is 0.123 e. The van der Waals surface area contributed by atoms with Gasteiger partial charge in [-0.15, -0.1) is 0 Å². The van der Waals surface area contributed by atoms with Crippen LogP contribution in [-0.4, -0.2) is 18.0 Å². The van der Waals surface area contributed by atoms with Gasteiger partial charge in [0.2, 0.25) is 0 Å². The van der Waals surface area contributed by atoms with Crippen LogP contribution in [-0.2, 0) is 13.1 Å². The highest BCUT2D eigenvalue weighted by atomic mass is 19.1. The van der Waals surface area contributed by atoms with E-state index in [0.717, 1.165) is 30.5 Å². The largest absolute Gasteiger partial charge is 0.326 e. The summed E-state index contributed by atoms with van der Waals surface area (Å²) in [5, 5.41) is 0. The van der Waals surface area contributed by atoms with E-state index in [9.17, 15) is 4.39 Å². The molecule has 0 aliphatic heterocycles. The zero-order chi connectivity index (χ0) is 12.8. The van der Waals surface area contributed by atoms with Gasteiger partial charge in [0.1, 0.15) is 5.82 Å². The molecule has 0 amide bonds. The van der Waals surface area contributed by atoms with Crippen LogP contribution in [0.1, 0.15) is 37.8 Å².